The summed E-state index contributed by atoms with van der Waals surface area (Å²) < 4.78 is 2.00. The number of piperidine rings is 1. The minimum absolute atomic E-state index is 0.00634. The zero-order valence-electron chi connectivity index (χ0n) is 19.0. The number of likely N-dealkylation sites (tertiary alicyclic amines) is 1. The molecule has 4 rings (SSSR count). The summed E-state index contributed by atoms with van der Waals surface area (Å²) in [5, 5.41) is 3.92. The van der Waals surface area contributed by atoms with Gasteiger partial charge in [0.2, 0.25) is 11.8 Å². The maximum atomic E-state index is 12.9. The predicted molar refractivity (Wildman–Crippen MR) is 133 cm³/mol. The third-order valence-corrected chi connectivity index (χ3v) is 7.17. The summed E-state index contributed by atoms with van der Waals surface area (Å²) in [7, 11) is 0. The van der Waals surface area contributed by atoms with Crippen LogP contribution in [0.1, 0.15) is 37.0 Å². The van der Waals surface area contributed by atoms with Gasteiger partial charge in [-0.15, -0.1) is 11.8 Å². The zero-order valence-corrected chi connectivity index (χ0v) is 19.9. The molecule has 7 heteroatoms. The molecule has 172 valence electrons. The van der Waals surface area contributed by atoms with Crippen LogP contribution >= 0.6 is 11.8 Å². The second-order valence-corrected chi connectivity index (χ2v) is 9.69. The van der Waals surface area contributed by atoms with Crippen LogP contribution in [-0.2, 0) is 16.1 Å². The molecule has 0 aliphatic carbocycles. The molecular weight excluding hydrogens is 434 g/mol. The summed E-state index contributed by atoms with van der Waals surface area (Å²) in [5.74, 6) is 0.952. The van der Waals surface area contributed by atoms with Gasteiger partial charge in [-0.1, -0.05) is 25.1 Å². The van der Waals surface area contributed by atoms with Gasteiger partial charge >= 0.3 is 0 Å². The molecular formula is C26H29N3O3S. The van der Waals surface area contributed by atoms with Gasteiger partial charge < -0.3 is 14.8 Å². The Balaban J connectivity index is 1.41. The van der Waals surface area contributed by atoms with E-state index in [1.807, 2.05) is 39.9 Å². The number of rotatable bonds is 7. The summed E-state index contributed by atoms with van der Waals surface area (Å²) in [6.45, 7) is 5.72. The Labute approximate surface area is 198 Å². The van der Waals surface area contributed by atoms with Gasteiger partial charge in [0.1, 0.15) is 6.54 Å². The average Bonchev–Trinajstić information content (AvgIpc) is 3.16. The number of carbonyl (C=O) groups is 3. The molecule has 0 radical (unpaired) electrons. The van der Waals surface area contributed by atoms with E-state index >= 15 is 0 Å². The number of anilines is 1. The topological polar surface area (TPSA) is 71.4 Å². The number of nitrogens with zero attached hydrogens (tertiary/aromatic N) is 2. The van der Waals surface area contributed by atoms with E-state index in [1.165, 1.54) is 18.7 Å². The van der Waals surface area contributed by atoms with Gasteiger partial charge in [0.15, 0.2) is 5.78 Å². The Hall–Kier alpha value is -3.06. The number of hydrogen-bond acceptors (Lipinski definition) is 4. The van der Waals surface area contributed by atoms with Gasteiger partial charge in [0, 0.05) is 46.3 Å². The van der Waals surface area contributed by atoms with Gasteiger partial charge in [-0.2, -0.15) is 0 Å². The third-order valence-electron chi connectivity index (χ3n) is 6.13. The minimum Gasteiger partial charge on any atom is -0.341 e. The summed E-state index contributed by atoms with van der Waals surface area (Å²) in [6, 6.07) is 14.9. The molecule has 0 spiro atoms. The standard InChI is InChI=1S/C26H29N3O3S/c1-18-11-13-28(14-12-18)26(32)16-29-15-24(22-5-3-4-6-23(22)29)33-17-25(31)27-21-9-7-20(8-10-21)19(2)30/h3-10,15,18H,11-14,16-17H2,1-2H3,(H,27,31). The third kappa shape index (κ3) is 5.66. The molecule has 2 amide bonds. The number of carbonyl (C=O) groups excluding carboxylic acids is 3. The van der Waals surface area contributed by atoms with Crippen molar-refractivity contribution in [2.75, 3.05) is 24.2 Å². The summed E-state index contributed by atoms with van der Waals surface area (Å²) in [4.78, 5) is 39.7. The highest BCUT2D eigenvalue weighted by atomic mass is 32.2. The number of para-hydroxylation sites is 1. The first-order valence-corrected chi connectivity index (χ1v) is 12.3. The first kappa shape index (κ1) is 23.1. The molecule has 2 aromatic carbocycles. The van der Waals surface area contributed by atoms with Crippen molar-refractivity contribution in [1.29, 1.82) is 0 Å². The lowest BCUT2D eigenvalue weighted by Crippen LogP contribution is -2.39. The van der Waals surface area contributed by atoms with Crippen molar-refractivity contribution in [3.8, 4) is 0 Å². The van der Waals surface area contributed by atoms with Crippen molar-refractivity contribution in [2.45, 2.75) is 38.1 Å². The lowest BCUT2D eigenvalue weighted by atomic mass is 9.99. The van der Waals surface area contributed by atoms with Crippen LogP contribution in [0, 0.1) is 5.92 Å². The Kier molecular flexibility index (Phi) is 7.18. The molecule has 0 atom stereocenters. The van der Waals surface area contributed by atoms with Crippen molar-refractivity contribution in [3.63, 3.8) is 0 Å². The number of thioether (sulfide) groups is 1. The van der Waals surface area contributed by atoms with Gasteiger partial charge in [-0.3, -0.25) is 14.4 Å². The maximum absolute atomic E-state index is 12.9. The van der Waals surface area contributed by atoms with E-state index < -0.39 is 0 Å². The van der Waals surface area contributed by atoms with Crippen LogP contribution in [-0.4, -0.2) is 45.9 Å². The van der Waals surface area contributed by atoms with Gasteiger partial charge in [-0.25, -0.2) is 0 Å². The molecule has 1 aliphatic heterocycles. The van der Waals surface area contributed by atoms with Crippen molar-refractivity contribution < 1.29 is 14.4 Å². The highest BCUT2D eigenvalue weighted by Crippen LogP contribution is 2.30. The number of fused-ring (bicyclic) bond motifs is 1. The second-order valence-electron chi connectivity index (χ2n) is 8.67. The van der Waals surface area contributed by atoms with Gasteiger partial charge in [-0.05, 0) is 56.0 Å². The van der Waals surface area contributed by atoms with E-state index in [1.54, 1.807) is 24.3 Å². The highest BCUT2D eigenvalue weighted by Gasteiger charge is 2.21. The summed E-state index contributed by atoms with van der Waals surface area (Å²) in [6.07, 6.45) is 4.10. The molecule has 0 saturated carbocycles. The van der Waals surface area contributed by atoms with Crippen molar-refractivity contribution in [2.24, 2.45) is 5.92 Å². The molecule has 3 aromatic rings. The maximum Gasteiger partial charge on any atom is 0.242 e. The molecule has 1 aliphatic rings. The molecule has 1 fully saturated rings. The van der Waals surface area contributed by atoms with Crippen LogP contribution in [0.2, 0.25) is 0 Å². The Morgan fingerprint density at radius 3 is 2.42 bits per heavy atom. The molecule has 0 unspecified atom stereocenters. The van der Waals surface area contributed by atoms with E-state index in [-0.39, 0.29) is 23.4 Å². The Bertz CT molecular complexity index is 1160. The molecule has 6 nitrogen and oxygen atoms in total. The number of hydrogen-bond donors (Lipinski definition) is 1. The van der Waals surface area contributed by atoms with Crippen LogP contribution < -0.4 is 5.32 Å². The van der Waals surface area contributed by atoms with E-state index in [9.17, 15) is 14.4 Å². The molecule has 2 heterocycles. The van der Waals surface area contributed by atoms with Crippen LogP contribution in [0.15, 0.2) is 59.6 Å². The Morgan fingerprint density at radius 2 is 1.73 bits per heavy atom. The first-order chi connectivity index (χ1) is 15.9. The van der Waals surface area contributed by atoms with Crippen LogP contribution in [0.3, 0.4) is 0 Å². The highest BCUT2D eigenvalue weighted by molar-refractivity contribution is 8.00. The molecule has 0 bridgehead atoms. The number of ketones is 1. The van der Waals surface area contributed by atoms with E-state index in [4.69, 9.17) is 0 Å². The zero-order chi connectivity index (χ0) is 23.4. The van der Waals surface area contributed by atoms with Crippen molar-refractivity contribution >= 4 is 45.9 Å². The Morgan fingerprint density at radius 1 is 1.03 bits per heavy atom. The second kappa shape index (κ2) is 10.3. The average molecular weight is 464 g/mol. The van der Waals surface area contributed by atoms with E-state index in [0.29, 0.717) is 23.7 Å². The smallest absolute Gasteiger partial charge is 0.242 e. The number of amides is 2. The SMILES string of the molecule is CC(=O)c1ccc(NC(=O)CSc2cn(CC(=O)N3CCC(C)CC3)c3ccccc23)cc1. The lowest BCUT2D eigenvalue weighted by molar-refractivity contribution is -0.133. The fourth-order valence-corrected chi connectivity index (χ4v) is 4.98. The molecule has 33 heavy (non-hydrogen) atoms. The van der Waals surface area contributed by atoms with E-state index in [0.717, 1.165) is 41.7 Å². The predicted octanol–water partition coefficient (Wildman–Crippen LogP) is 4.83. The minimum atomic E-state index is -0.120. The largest absolute Gasteiger partial charge is 0.341 e. The van der Waals surface area contributed by atoms with Crippen molar-refractivity contribution in [3.05, 3.63) is 60.3 Å². The molecule has 1 aromatic heterocycles. The first-order valence-electron chi connectivity index (χ1n) is 11.3. The number of benzene rings is 2. The quantitative estimate of drug-likeness (QED) is 0.402. The van der Waals surface area contributed by atoms with Crippen LogP contribution in [0.25, 0.3) is 10.9 Å². The summed E-state index contributed by atoms with van der Waals surface area (Å²) in [5.41, 5.74) is 2.28. The number of Topliss-reactive ketones (excluding diaryl/α,β-unsaturated/α-hetero) is 1. The van der Waals surface area contributed by atoms with Crippen LogP contribution in [0.5, 0.6) is 0 Å². The van der Waals surface area contributed by atoms with Gasteiger partial charge in [0.05, 0.1) is 5.75 Å². The lowest BCUT2D eigenvalue weighted by Gasteiger charge is -2.30. The van der Waals surface area contributed by atoms with Crippen LogP contribution in [0.4, 0.5) is 5.69 Å². The molecule has 1 N–H and O–H groups in total. The number of nitrogens with one attached hydrogen (secondary N) is 1. The van der Waals surface area contributed by atoms with Crippen molar-refractivity contribution in [1.82, 2.24) is 9.47 Å². The normalized spacial score (nSPS) is 14.4. The molecule has 1 saturated heterocycles. The fourth-order valence-electron chi connectivity index (χ4n) is 4.09. The monoisotopic (exact) mass is 463 g/mol. The fraction of sp³-hybridized carbons (Fsp3) is 0.346. The van der Waals surface area contributed by atoms with Gasteiger partial charge in [0.25, 0.3) is 0 Å². The summed E-state index contributed by atoms with van der Waals surface area (Å²) >= 11 is 1.46. The number of aromatic nitrogens is 1. The van der Waals surface area contributed by atoms with E-state index in [2.05, 4.69) is 12.2 Å².